The number of fused-ring (bicyclic) bond motifs is 1. The molecule has 0 radical (unpaired) electrons. The van der Waals surface area contributed by atoms with E-state index in [-0.39, 0.29) is 17.7 Å². The molecule has 1 aromatic carbocycles. The van der Waals surface area contributed by atoms with Crippen LogP contribution < -0.4 is 4.74 Å². The van der Waals surface area contributed by atoms with Crippen molar-refractivity contribution in [2.75, 3.05) is 13.7 Å². The lowest BCUT2D eigenvalue weighted by Gasteiger charge is -2.22. The summed E-state index contributed by atoms with van der Waals surface area (Å²) in [5, 5.41) is 13.9. The first-order valence-corrected chi connectivity index (χ1v) is 11.4. The number of methoxy groups -OCH3 is 1. The van der Waals surface area contributed by atoms with E-state index in [1.165, 1.54) is 0 Å². The number of benzene rings is 1. The van der Waals surface area contributed by atoms with Gasteiger partial charge in [-0.05, 0) is 42.0 Å². The molecule has 0 unspecified atom stereocenters. The van der Waals surface area contributed by atoms with Crippen LogP contribution in [0.3, 0.4) is 0 Å². The van der Waals surface area contributed by atoms with Crippen molar-refractivity contribution in [1.29, 1.82) is 5.26 Å². The molecular weight excluding hydrogens is 440 g/mol. The Labute approximate surface area is 204 Å². The van der Waals surface area contributed by atoms with Gasteiger partial charge in [-0.2, -0.15) is 10.4 Å². The van der Waals surface area contributed by atoms with Crippen molar-refractivity contribution in [2.24, 2.45) is 0 Å². The van der Waals surface area contributed by atoms with Crippen LogP contribution >= 0.6 is 0 Å². The summed E-state index contributed by atoms with van der Waals surface area (Å²) in [6.07, 6.45) is 3.64. The van der Waals surface area contributed by atoms with Gasteiger partial charge in [0.2, 0.25) is 0 Å². The first-order valence-electron chi connectivity index (χ1n) is 11.4. The summed E-state index contributed by atoms with van der Waals surface area (Å²) in [5.41, 5.74) is 4.00. The van der Waals surface area contributed by atoms with Crippen molar-refractivity contribution >= 4 is 11.6 Å². The Morgan fingerprint density at radius 2 is 1.94 bits per heavy atom. The molecule has 0 aliphatic carbocycles. The zero-order valence-corrected chi connectivity index (χ0v) is 20.4. The summed E-state index contributed by atoms with van der Waals surface area (Å²) >= 11 is 0. The largest absolute Gasteiger partial charge is 0.497 e. The lowest BCUT2D eigenvalue weighted by molar-refractivity contribution is 0.0737. The van der Waals surface area contributed by atoms with Gasteiger partial charge < -0.3 is 9.64 Å². The predicted molar refractivity (Wildman–Crippen MR) is 133 cm³/mol. The second-order valence-electron chi connectivity index (χ2n) is 9.30. The lowest BCUT2D eigenvalue weighted by atomic mass is 9.93. The highest BCUT2D eigenvalue weighted by Gasteiger charge is 2.25. The summed E-state index contributed by atoms with van der Waals surface area (Å²) < 4.78 is 6.89. The van der Waals surface area contributed by atoms with Gasteiger partial charge in [-0.15, -0.1) is 0 Å². The number of ether oxygens (including phenoxy) is 1. The van der Waals surface area contributed by atoms with Gasteiger partial charge in [0.1, 0.15) is 11.4 Å². The molecule has 0 fully saturated rings. The van der Waals surface area contributed by atoms with Gasteiger partial charge >= 0.3 is 0 Å². The summed E-state index contributed by atoms with van der Waals surface area (Å²) in [5.74, 6) is 0.513. The Morgan fingerprint density at radius 3 is 2.57 bits per heavy atom. The molecule has 0 aliphatic heterocycles. The standard InChI is InChI=1S/C27H28N6O2/c1-27(2,3)24-16-25-30-22(20-8-10-21(35-4)11-9-20)15-23(33(25)31-24)26(34)32(14-6-12-28)18-19-7-5-13-29-17-19/h5,7-11,13,15-17H,6,14,18H2,1-4H3. The second kappa shape index (κ2) is 9.94. The van der Waals surface area contributed by atoms with Gasteiger partial charge in [0.25, 0.3) is 5.91 Å². The third-order valence-electron chi connectivity index (χ3n) is 5.68. The molecule has 8 nitrogen and oxygen atoms in total. The molecule has 3 heterocycles. The molecule has 0 saturated carbocycles. The molecule has 0 bridgehead atoms. The van der Waals surface area contributed by atoms with Crippen LogP contribution in [-0.2, 0) is 12.0 Å². The zero-order valence-electron chi connectivity index (χ0n) is 20.4. The quantitative estimate of drug-likeness (QED) is 0.392. The van der Waals surface area contributed by atoms with E-state index in [0.717, 1.165) is 22.6 Å². The zero-order chi connectivity index (χ0) is 25.0. The van der Waals surface area contributed by atoms with Crippen molar-refractivity contribution in [1.82, 2.24) is 24.5 Å². The number of nitriles is 1. The number of hydrogen-bond acceptors (Lipinski definition) is 6. The SMILES string of the molecule is COc1ccc(-c2cc(C(=O)N(CCC#N)Cc3cccnc3)n3nc(C(C)(C)C)cc3n2)cc1. The van der Waals surface area contributed by atoms with Gasteiger partial charge in [-0.25, -0.2) is 9.50 Å². The molecule has 4 rings (SSSR count). The minimum Gasteiger partial charge on any atom is -0.497 e. The van der Waals surface area contributed by atoms with Gasteiger partial charge in [-0.1, -0.05) is 26.8 Å². The Bertz CT molecular complexity index is 1370. The number of nitrogens with zero attached hydrogens (tertiary/aromatic N) is 6. The third-order valence-corrected chi connectivity index (χ3v) is 5.68. The molecular formula is C27H28N6O2. The third kappa shape index (κ3) is 5.30. The van der Waals surface area contributed by atoms with Crippen LogP contribution in [0.25, 0.3) is 16.9 Å². The predicted octanol–water partition coefficient (Wildman–Crippen LogP) is 4.65. The van der Waals surface area contributed by atoms with E-state index in [2.05, 4.69) is 31.8 Å². The summed E-state index contributed by atoms with van der Waals surface area (Å²) in [7, 11) is 1.62. The number of aromatic nitrogens is 4. The van der Waals surface area contributed by atoms with Crippen molar-refractivity contribution in [3.63, 3.8) is 0 Å². The average molecular weight is 469 g/mol. The van der Waals surface area contributed by atoms with Crippen LogP contribution in [0, 0.1) is 11.3 Å². The Hall–Kier alpha value is -4.25. The fraction of sp³-hybridized carbons (Fsp3) is 0.296. The van der Waals surface area contributed by atoms with Gasteiger partial charge in [-0.3, -0.25) is 9.78 Å². The van der Waals surface area contributed by atoms with Crippen molar-refractivity contribution in [2.45, 2.75) is 39.2 Å². The van der Waals surface area contributed by atoms with Crippen LogP contribution in [0.5, 0.6) is 5.75 Å². The van der Waals surface area contributed by atoms with Gasteiger partial charge in [0.15, 0.2) is 5.65 Å². The fourth-order valence-electron chi connectivity index (χ4n) is 3.71. The Morgan fingerprint density at radius 1 is 1.17 bits per heavy atom. The average Bonchev–Trinajstić information content (AvgIpc) is 3.31. The maximum absolute atomic E-state index is 13.9. The summed E-state index contributed by atoms with van der Waals surface area (Å²) in [6, 6.07) is 17.1. The monoisotopic (exact) mass is 468 g/mol. The molecule has 8 heteroatoms. The minimum atomic E-state index is -0.227. The van der Waals surface area contributed by atoms with Crippen LogP contribution in [0.1, 0.15) is 48.9 Å². The topological polar surface area (TPSA) is 96.4 Å². The molecule has 0 spiro atoms. The number of amides is 1. The number of pyridine rings is 1. The first kappa shape index (κ1) is 23.9. The number of rotatable bonds is 7. The van der Waals surface area contributed by atoms with Crippen molar-refractivity contribution < 1.29 is 9.53 Å². The molecule has 1 amide bonds. The van der Waals surface area contributed by atoms with E-state index in [1.807, 2.05) is 42.5 Å². The van der Waals surface area contributed by atoms with E-state index in [0.29, 0.717) is 30.1 Å². The first-order chi connectivity index (χ1) is 16.8. The maximum Gasteiger partial charge on any atom is 0.273 e. The maximum atomic E-state index is 13.9. The molecule has 4 aromatic rings. The Balaban J connectivity index is 1.83. The molecule has 0 saturated heterocycles. The van der Waals surface area contributed by atoms with Crippen LogP contribution in [0.2, 0.25) is 0 Å². The molecule has 0 atom stereocenters. The highest BCUT2D eigenvalue weighted by molar-refractivity contribution is 5.94. The van der Waals surface area contributed by atoms with E-state index < -0.39 is 0 Å². The molecule has 35 heavy (non-hydrogen) atoms. The Kier molecular flexibility index (Phi) is 6.78. The van der Waals surface area contributed by atoms with Gasteiger partial charge in [0.05, 0.1) is 31.0 Å². The fourth-order valence-corrected chi connectivity index (χ4v) is 3.71. The highest BCUT2D eigenvalue weighted by Crippen LogP contribution is 2.27. The second-order valence-corrected chi connectivity index (χ2v) is 9.30. The van der Waals surface area contributed by atoms with E-state index in [4.69, 9.17) is 14.8 Å². The number of hydrogen-bond donors (Lipinski definition) is 0. The van der Waals surface area contributed by atoms with E-state index in [1.54, 1.807) is 35.0 Å². The normalized spacial score (nSPS) is 11.3. The highest BCUT2D eigenvalue weighted by atomic mass is 16.5. The number of carbonyl (C=O) groups excluding carboxylic acids is 1. The van der Waals surface area contributed by atoms with Crippen LogP contribution in [0.4, 0.5) is 0 Å². The molecule has 0 N–H and O–H groups in total. The van der Waals surface area contributed by atoms with Crippen LogP contribution in [0.15, 0.2) is 60.9 Å². The van der Waals surface area contributed by atoms with Crippen molar-refractivity contribution in [3.05, 3.63) is 77.9 Å². The molecule has 178 valence electrons. The minimum absolute atomic E-state index is 0.218. The number of carbonyl (C=O) groups is 1. The molecule has 3 aromatic heterocycles. The van der Waals surface area contributed by atoms with Crippen molar-refractivity contribution in [3.8, 4) is 23.1 Å². The summed E-state index contributed by atoms with van der Waals surface area (Å²) in [4.78, 5) is 24.5. The van der Waals surface area contributed by atoms with Gasteiger partial charge in [0, 0.05) is 42.5 Å². The van der Waals surface area contributed by atoms with E-state index >= 15 is 0 Å². The smallest absolute Gasteiger partial charge is 0.273 e. The van der Waals surface area contributed by atoms with Crippen LogP contribution in [-0.4, -0.2) is 44.0 Å². The lowest BCUT2D eigenvalue weighted by Crippen LogP contribution is -2.33. The van der Waals surface area contributed by atoms with E-state index in [9.17, 15) is 10.1 Å². The summed E-state index contributed by atoms with van der Waals surface area (Å²) in [6.45, 7) is 6.84. The molecule has 0 aliphatic rings.